The third-order valence-corrected chi connectivity index (χ3v) is 7.15. The number of rotatable bonds is 7. The molecular weight excluding hydrogens is 398 g/mol. The van der Waals surface area contributed by atoms with Gasteiger partial charge in [-0.2, -0.15) is 4.31 Å². The van der Waals surface area contributed by atoms with E-state index in [-0.39, 0.29) is 23.4 Å². The van der Waals surface area contributed by atoms with Crippen molar-refractivity contribution in [3.05, 3.63) is 59.1 Å². The highest BCUT2D eigenvalue weighted by atomic mass is 35.5. The molecule has 0 unspecified atom stereocenters. The Hall–Kier alpha value is -1.93. The molecule has 1 fully saturated rings. The number of carbonyl (C=O) groups excluding carboxylic acids is 1. The van der Waals surface area contributed by atoms with Gasteiger partial charge in [-0.3, -0.25) is 4.79 Å². The van der Waals surface area contributed by atoms with E-state index in [2.05, 4.69) is 5.32 Å². The molecule has 0 spiro atoms. The summed E-state index contributed by atoms with van der Waals surface area (Å²) in [5, 5.41) is 5.39. The highest BCUT2D eigenvalue weighted by molar-refractivity contribution is 7.89. The van der Waals surface area contributed by atoms with Crippen LogP contribution in [0.3, 0.4) is 0 Å². The number of sulfonamides is 1. The molecule has 2 aromatic carbocycles. The maximum atomic E-state index is 12.5. The minimum absolute atomic E-state index is 0.0485. The van der Waals surface area contributed by atoms with Gasteiger partial charge in [-0.05, 0) is 50.1 Å². The van der Waals surface area contributed by atoms with Crippen molar-refractivity contribution in [3.8, 4) is 0 Å². The minimum atomic E-state index is -3.44. The fourth-order valence-electron chi connectivity index (χ4n) is 3.25. The van der Waals surface area contributed by atoms with Crippen LogP contribution in [0.25, 0.3) is 0 Å². The number of hydrogen-bond donors (Lipinski definition) is 2. The molecule has 2 aromatic rings. The van der Waals surface area contributed by atoms with E-state index in [1.54, 1.807) is 24.3 Å². The second kappa shape index (κ2) is 9.05. The van der Waals surface area contributed by atoms with Crippen molar-refractivity contribution in [2.75, 3.05) is 25.0 Å². The average Bonchev–Trinajstić information content (AvgIpc) is 3.23. The van der Waals surface area contributed by atoms with Crippen LogP contribution in [0.1, 0.15) is 31.4 Å². The molecule has 150 valence electrons. The van der Waals surface area contributed by atoms with Crippen LogP contribution in [0.15, 0.2) is 53.4 Å². The predicted octanol–water partition coefficient (Wildman–Crippen LogP) is 2.39. The van der Waals surface area contributed by atoms with Crippen LogP contribution in [0.4, 0.5) is 5.69 Å². The van der Waals surface area contributed by atoms with Gasteiger partial charge in [0, 0.05) is 29.4 Å². The number of amides is 1. The predicted molar refractivity (Wildman–Crippen MR) is 110 cm³/mol. The zero-order valence-electron chi connectivity index (χ0n) is 15.8. The SMILES string of the molecule is C[C@H]([NH2+]CC(=O)Nc1ccc(S(=O)(=O)N2CCCC2)cc1)c1ccccc1Cl. The number of hydrogen-bond acceptors (Lipinski definition) is 3. The number of nitrogens with two attached hydrogens (primary N) is 1. The van der Waals surface area contributed by atoms with E-state index in [1.807, 2.05) is 36.5 Å². The molecule has 1 aliphatic rings. The first-order valence-electron chi connectivity index (χ1n) is 9.36. The third kappa shape index (κ3) is 4.91. The lowest BCUT2D eigenvalue weighted by Gasteiger charge is -2.16. The largest absolute Gasteiger partial charge is 0.332 e. The van der Waals surface area contributed by atoms with Gasteiger partial charge in [-0.25, -0.2) is 8.42 Å². The average molecular weight is 423 g/mol. The van der Waals surface area contributed by atoms with Crippen molar-refractivity contribution in [3.63, 3.8) is 0 Å². The number of nitrogens with one attached hydrogen (secondary N) is 1. The smallest absolute Gasteiger partial charge is 0.279 e. The van der Waals surface area contributed by atoms with Gasteiger partial charge in [0.2, 0.25) is 10.0 Å². The van der Waals surface area contributed by atoms with Crippen LogP contribution in [0.2, 0.25) is 5.02 Å². The topological polar surface area (TPSA) is 83.1 Å². The summed E-state index contributed by atoms with van der Waals surface area (Å²) in [7, 11) is -3.44. The molecule has 8 heteroatoms. The van der Waals surface area contributed by atoms with Crippen molar-refractivity contribution >= 4 is 33.2 Å². The summed E-state index contributed by atoms with van der Waals surface area (Å²) >= 11 is 6.19. The highest BCUT2D eigenvalue weighted by Crippen LogP contribution is 2.22. The third-order valence-electron chi connectivity index (χ3n) is 4.89. The molecule has 6 nitrogen and oxygen atoms in total. The first-order chi connectivity index (χ1) is 13.4. The minimum Gasteiger partial charge on any atom is -0.332 e. The second-order valence-electron chi connectivity index (χ2n) is 6.93. The van der Waals surface area contributed by atoms with E-state index >= 15 is 0 Å². The van der Waals surface area contributed by atoms with Gasteiger partial charge in [0.25, 0.3) is 5.91 Å². The summed E-state index contributed by atoms with van der Waals surface area (Å²) < 4.78 is 26.6. The number of carbonyl (C=O) groups is 1. The van der Waals surface area contributed by atoms with Gasteiger partial charge in [-0.15, -0.1) is 0 Å². The van der Waals surface area contributed by atoms with Crippen LogP contribution in [0.5, 0.6) is 0 Å². The van der Waals surface area contributed by atoms with E-state index < -0.39 is 10.0 Å². The van der Waals surface area contributed by atoms with E-state index in [9.17, 15) is 13.2 Å². The summed E-state index contributed by atoms with van der Waals surface area (Å²) in [4.78, 5) is 12.5. The molecule has 0 bridgehead atoms. The molecule has 0 aliphatic carbocycles. The molecule has 1 heterocycles. The van der Waals surface area contributed by atoms with E-state index in [0.29, 0.717) is 23.8 Å². The van der Waals surface area contributed by atoms with Gasteiger partial charge in [0.05, 0.1) is 4.90 Å². The number of anilines is 1. The molecule has 1 atom stereocenters. The molecular formula is C20H25ClN3O3S+. The first kappa shape index (κ1) is 20.8. The van der Waals surface area contributed by atoms with Gasteiger partial charge in [0.1, 0.15) is 6.04 Å². The first-order valence-corrected chi connectivity index (χ1v) is 11.2. The fourth-order valence-corrected chi connectivity index (χ4v) is 5.08. The second-order valence-corrected chi connectivity index (χ2v) is 9.28. The molecule has 0 radical (unpaired) electrons. The van der Waals surface area contributed by atoms with Gasteiger partial charge in [-0.1, -0.05) is 29.8 Å². The number of quaternary nitrogens is 1. The molecule has 28 heavy (non-hydrogen) atoms. The van der Waals surface area contributed by atoms with Gasteiger partial charge in [0.15, 0.2) is 6.54 Å². The number of nitrogens with zero attached hydrogens (tertiary/aromatic N) is 1. The Morgan fingerprint density at radius 1 is 1.14 bits per heavy atom. The zero-order chi connectivity index (χ0) is 20.1. The summed E-state index contributed by atoms with van der Waals surface area (Å²) in [5.41, 5.74) is 1.55. The van der Waals surface area contributed by atoms with Crippen LogP contribution in [-0.4, -0.2) is 38.3 Å². The number of benzene rings is 2. The molecule has 3 rings (SSSR count). The van der Waals surface area contributed by atoms with Crippen molar-refractivity contribution in [2.45, 2.75) is 30.7 Å². The van der Waals surface area contributed by atoms with Gasteiger partial charge >= 0.3 is 0 Å². The Morgan fingerprint density at radius 2 is 1.79 bits per heavy atom. The summed E-state index contributed by atoms with van der Waals surface area (Å²) in [6.45, 7) is 3.37. The summed E-state index contributed by atoms with van der Waals surface area (Å²) in [6.07, 6.45) is 1.80. The molecule has 0 saturated carbocycles. The Kier molecular flexibility index (Phi) is 6.72. The molecule has 3 N–H and O–H groups in total. The maximum Gasteiger partial charge on any atom is 0.279 e. The lowest BCUT2D eigenvalue weighted by molar-refractivity contribution is -0.682. The Labute approximate surface area is 170 Å². The molecule has 1 amide bonds. The highest BCUT2D eigenvalue weighted by Gasteiger charge is 2.27. The van der Waals surface area contributed by atoms with Gasteiger partial charge < -0.3 is 10.6 Å². The molecule has 0 aromatic heterocycles. The Balaban J connectivity index is 1.55. The van der Waals surface area contributed by atoms with Crippen LogP contribution in [0, 0.1) is 0 Å². The van der Waals surface area contributed by atoms with E-state index in [4.69, 9.17) is 11.6 Å². The summed E-state index contributed by atoms with van der Waals surface area (Å²) in [6, 6.07) is 13.9. The van der Waals surface area contributed by atoms with Crippen molar-refractivity contribution in [1.82, 2.24) is 4.31 Å². The maximum absolute atomic E-state index is 12.5. The van der Waals surface area contributed by atoms with Crippen LogP contribution < -0.4 is 10.6 Å². The fraction of sp³-hybridized carbons (Fsp3) is 0.350. The lowest BCUT2D eigenvalue weighted by atomic mass is 10.1. The molecule has 1 aliphatic heterocycles. The number of halogens is 1. The monoisotopic (exact) mass is 422 g/mol. The quantitative estimate of drug-likeness (QED) is 0.718. The molecule has 1 saturated heterocycles. The Bertz CT molecular complexity index is 926. The van der Waals surface area contributed by atoms with E-state index in [1.165, 1.54) is 4.31 Å². The normalized spacial score (nSPS) is 16.1. The standard InChI is InChI=1S/C20H24ClN3O3S/c1-15(18-6-2-3-7-19(18)21)22-14-20(25)23-16-8-10-17(11-9-16)28(26,27)24-12-4-5-13-24/h2-3,6-11,15,22H,4-5,12-14H2,1H3,(H,23,25)/p+1/t15-/m0/s1. The zero-order valence-corrected chi connectivity index (χ0v) is 17.3. The Morgan fingerprint density at radius 3 is 2.43 bits per heavy atom. The van der Waals surface area contributed by atoms with Crippen LogP contribution in [-0.2, 0) is 14.8 Å². The summed E-state index contributed by atoms with van der Waals surface area (Å²) in [5.74, 6) is -0.158. The van der Waals surface area contributed by atoms with Crippen molar-refractivity contribution < 1.29 is 18.5 Å². The van der Waals surface area contributed by atoms with E-state index in [0.717, 1.165) is 18.4 Å². The van der Waals surface area contributed by atoms with Crippen molar-refractivity contribution in [1.29, 1.82) is 0 Å². The lowest BCUT2D eigenvalue weighted by Crippen LogP contribution is -2.86. The van der Waals surface area contributed by atoms with Crippen LogP contribution >= 0.6 is 11.6 Å². The van der Waals surface area contributed by atoms with Crippen molar-refractivity contribution in [2.24, 2.45) is 0 Å².